The second-order valence-corrected chi connectivity index (χ2v) is 6.20. The Morgan fingerprint density at radius 2 is 2.12 bits per heavy atom. The molecule has 1 aromatic carbocycles. The van der Waals surface area contributed by atoms with Crippen LogP contribution in [-0.4, -0.2) is 22.2 Å². The number of para-hydroxylation sites is 1. The average Bonchev–Trinajstić information content (AvgIpc) is 3.09. The maximum Gasteiger partial charge on any atom is 0.225 e. The number of hydrogen-bond acceptors (Lipinski definition) is 5. The summed E-state index contributed by atoms with van der Waals surface area (Å²) in [6, 6.07) is 9.13. The molecule has 3 aromatic rings. The Hall–Kier alpha value is -2.34. The summed E-state index contributed by atoms with van der Waals surface area (Å²) < 4.78 is 24.8. The largest absolute Gasteiger partial charge is 0.488 e. The van der Waals surface area contributed by atoms with Crippen LogP contribution in [0.15, 0.2) is 41.0 Å². The molecule has 1 N–H and O–H groups in total. The summed E-state index contributed by atoms with van der Waals surface area (Å²) in [4.78, 5) is 8.48. The molecule has 0 saturated heterocycles. The van der Waals surface area contributed by atoms with Crippen molar-refractivity contribution in [1.82, 2.24) is 9.97 Å². The molecule has 24 heavy (non-hydrogen) atoms. The van der Waals surface area contributed by atoms with Gasteiger partial charge in [0.15, 0.2) is 0 Å². The molecular weight excluding hydrogens is 333 g/mol. The molecule has 0 bridgehead atoms. The number of benzene rings is 1. The van der Waals surface area contributed by atoms with Crippen molar-refractivity contribution in [3.05, 3.63) is 47.6 Å². The summed E-state index contributed by atoms with van der Waals surface area (Å²) in [5.41, 5.74) is -0.636. The Bertz CT molecular complexity index is 866. The Morgan fingerprint density at radius 3 is 2.88 bits per heavy atom. The minimum Gasteiger partial charge on any atom is -0.488 e. The summed E-state index contributed by atoms with van der Waals surface area (Å²) in [5, 5.41) is 4.04. The molecule has 124 valence electrons. The second-order valence-electron chi connectivity index (χ2n) is 5.87. The van der Waals surface area contributed by atoms with E-state index >= 15 is 0 Å². The number of furan rings is 1. The van der Waals surface area contributed by atoms with Crippen molar-refractivity contribution < 1.29 is 13.5 Å². The number of aromatic nitrogens is 2. The molecule has 0 aliphatic heterocycles. The third kappa shape index (κ3) is 3.14. The molecule has 1 aliphatic carbocycles. The van der Waals surface area contributed by atoms with Gasteiger partial charge in [-0.05, 0) is 48.7 Å². The molecule has 1 fully saturated rings. The van der Waals surface area contributed by atoms with Gasteiger partial charge in [0.05, 0.1) is 12.8 Å². The van der Waals surface area contributed by atoms with E-state index in [1.165, 1.54) is 0 Å². The first-order valence-electron chi connectivity index (χ1n) is 7.67. The van der Waals surface area contributed by atoms with Crippen LogP contribution in [0.3, 0.4) is 0 Å². The van der Waals surface area contributed by atoms with Gasteiger partial charge >= 0.3 is 0 Å². The molecule has 0 unspecified atom stereocenters. The Balaban J connectivity index is 1.64. The molecule has 5 nitrogen and oxygen atoms in total. The predicted molar refractivity (Wildman–Crippen MR) is 89.2 cm³/mol. The van der Waals surface area contributed by atoms with Gasteiger partial charge in [-0.1, -0.05) is 6.07 Å². The molecule has 0 spiro atoms. The Labute approximate surface area is 142 Å². The van der Waals surface area contributed by atoms with Crippen molar-refractivity contribution in [2.45, 2.75) is 25.1 Å². The van der Waals surface area contributed by atoms with Gasteiger partial charge in [0, 0.05) is 5.39 Å². The van der Waals surface area contributed by atoms with Crippen LogP contribution in [0.5, 0.6) is 5.75 Å². The first kappa shape index (κ1) is 15.2. The minimum absolute atomic E-state index is 0.0306. The van der Waals surface area contributed by atoms with Gasteiger partial charge in [0.25, 0.3) is 0 Å². The zero-order chi connectivity index (χ0) is 16.6. The van der Waals surface area contributed by atoms with Gasteiger partial charge < -0.3 is 14.5 Å². The van der Waals surface area contributed by atoms with Crippen LogP contribution in [-0.2, 0) is 6.54 Å². The third-order valence-electron chi connectivity index (χ3n) is 3.95. The number of halogens is 2. The number of rotatable bonds is 6. The maximum atomic E-state index is 13.8. The smallest absolute Gasteiger partial charge is 0.225 e. The molecule has 7 heteroatoms. The van der Waals surface area contributed by atoms with E-state index in [1.54, 1.807) is 12.3 Å². The third-order valence-corrected chi connectivity index (χ3v) is 4.12. The van der Waals surface area contributed by atoms with Gasteiger partial charge in [-0.2, -0.15) is 0 Å². The van der Waals surface area contributed by atoms with E-state index in [9.17, 15) is 4.39 Å². The summed E-state index contributed by atoms with van der Waals surface area (Å²) in [6.07, 6.45) is 2.70. The Morgan fingerprint density at radius 1 is 1.25 bits per heavy atom. The number of alkyl halides is 1. The lowest BCUT2D eigenvalue weighted by Gasteiger charge is -2.13. The van der Waals surface area contributed by atoms with Crippen molar-refractivity contribution in [2.75, 3.05) is 11.9 Å². The zero-order valence-electron chi connectivity index (χ0n) is 12.8. The minimum atomic E-state index is -1.20. The van der Waals surface area contributed by atoms with Crippen molar-refractivity contribution in [2.24, 2.45) is 0 Å². The quantitative estimate of drug-likeness (QED) is 0.671. The van der Waals surface area contributed by atoms with Gasteiger partial charge in [0.2, 0.25) is 5.28 Å². The number of hydrogen-bond donors (Lipinski definition) is 1. The van der Waals surface area contributed by atoms with Gasteiger partial charge in [0.1, 0.15) is 35.1 Å². The predicted octanol–water partition coefficient (Wildman–Crippen LogP) is 4.37. The normalized spacial score (nSPS) is 15.4. The monoisotopic (exact) mass is 347 g/mol. The number of nitrogens with zero attached hydrogens (tertiary/aromatic N) is 2. The molecule has 1 aliphatic rings. The molecule has 0 amide bonds. The van der Waals surface area contributed by atoms with E-state index in [1.807, 2.05) is 24.3 Å². The summed E-state index contributed by atoms with van der Waals surface area (Å²) in [5.74, 6) is 1.86. The summed E-state index contributed by atoms with van der Waals surface area (Å²) in [7, 11) is 0. The fourth-order valence-electron chi connectivity index (χ4n) is 2.42. The first-order valence-corrected chi connectivity index (χ1v) is 8.05. The van der Waals surface area contributed by atoms with E-state index in [2.05, 4.69) is 15.3 Å². The van der Waals surface area contributed by atoms with E-state index in [0.29, 0.717) is 36.5 Å². The lowest BCUT2D eigenvalue weighted by molar-refractivity contribution is 0.179. The van der Waals surface area contributed by atoms with Crippen LogP contribution in [0.2, 0.25) is 5.28 Å². The topological polar surface area (TPSA) is 60.2 Å². The number of ether oxygens (including phenoxy) is 1. The highest BCUT2D eigenvalue weighted by molar-refractivity contribution is 6.29. The zero-order valence-corrected chi connectivity index (χ0v) is 13.5. The van der Waals surface area contributed by atoms with Gasteiger partial charge in [-0.25, -0.2) is 14.4 Å². The van der Waals surface area contributed by atoms with E-state index < -0.39 is 5.67 Å². The fourth-order valence-corrected chi connectivity index (χ4v) is 2.59. The molecule has 2 aromatic heterocycles. The number of anilines is 1. The molecule has 0 atom stereocenters. The molecule has 1 saturated carbocycles. The van der Waals surface area contributed by atoms with Gasteiger partial charge in [-0.3, -0.25) is 0 Å². The maximum absolute atomic E-state index is 13.8. The van der Waals surface area contributed by atoms with Crippen molar-refractivity contribution in [1.29, 1.82) is 0 Å². The van der Waals surface area contributed by atoms with E-state index in [4.69, 9.17) is 20.8 Å². The standard InChI is InChI=1S/C17H15ClFN3O2/c18-16-21-14-12(15(22-16)20-9-11-3-2-8-23-11)4-1-5-13(14)24-10-17(19)6-7-17/h1-5,8H,6-7,9-10H2,(H,20,21,22). The highest BCUT2D eigenvalue weighted by atomic mass is 35.5. The second kappa shape index (κ2) is 5.94. The van der Waals surface area contributed by atoms with E-state index in [-0.39, 0.29) is 11.9 Å². The van der Waals surface area contributed by atoms with Crippen LogP contribution in [0.1, 0.15) is 18.6 Å². The average molecular weight is 348 g/mol. The molecule has 2 heterocycles. The summed E-state index contributed by atoms with van der Waals surface area (Å²) >= 11 is 6.04. The van der Waals surface area contributed by atoms with Crippen LogP contribution in [0, 0.1) is 0 Å². The van der Waals surface area contributed by atoms with Crippen molar-refractivity contribution in [3.63, 3.8) is 0 Å². The van der Waals surface area contributed by atoms with Crippen LogP contribution in [0.25, 0.3) is 10.9 Å². The highest BCUT2D eigenvalue weighted by Crippen LogP contribution is 2.40. The summed E-state index contributed by atoms with van der Waals surface area (Å²) in [6.45, 7) is 0.497. The Kier molecular flexibility index (Phi) is 3.76. The molecular formula is C17H15ClFN3O2. The van der Waals surface area contributed by atoms with Gasteiger partial charge in [-0.15, -0.1) is 0 Å². The lowest BCUT2D eigenvalue weighted by atomic mass is 10.2. The highest BCUT2D eigenvalue weighted by Gasteiger charge is 2.44. The van der Waals surface area contributed by atoms with Crippen molar-refractivity contribution in [3.8, 4) is 5.75 Å². The SMILES string of the molecule is FC1(COc2cccc3c(NCc4ccco4)nc(Cl)nc23)CC1. The van der Waals surface area contributed by atoms with E-state index in [0.717, 1.165) is 11.1 Å². The number of nitrogens with one attached hydrogen (secondary N) is 1. The van der Waals surface area contributed by atoms with Crippen LogP contribution < -0.4 is 10.1 Å². The lowest BCUT2D eigenvalue weighted by Crippen LogP contribution is -2.13. The number of fused-ring (bicyclic) bond motifs is 1. The fraction of sp³-hybridized carbons (Fsp3) is 0.294. The van der Waals surface area contributed by atoms with Crippen molar-refractivity contribution >= 4 is 28.3 Å². The van der Waals surface area contributed by atoms with Crippen LogP contribution >= 0.6 is 11.6 Å². The molecule has 4 rings (SSSR count). The van der Waals surface area contributed by atoms with Crippen LogP contribution in [0.4, 0.5) is 10.2 Å². The molecule has 0 radical (unpaired) electrons. The first-order chi connectivity index (χ1) is 11.6.